The summed E-state index contributed by atoms with van der Waals surface area (Å²) in [5, 5.41) is 3.74. The van der Waals surface area contributed by atoms with Gasteiger partial charge in [-0.3, -0.25) is 0 Å². The van der Waals surface area contributed by atoms with Crippen molar-refractivity contribution >= 4 is 0 Å². The zero-order valence-electron chi connectivity index (χ0n) is 13.3. The van der Waals surface area contributed by atoms with Crippen molar-refractivity contribution in [2.75, 3.05) is 26.2 Å². The van der Waals surface area contributed by atoms with Gasteiger partial charge in [0, 0.05) is 12.6 Å². The van der Waals surface area contributed by atoms with Crippen LogP contribution in [0.3, 0.4) is 0 Å². The summed E-state index contributed by atoms with van der Waals surface area (Å²) in [5.41, 5.74) is 1.52. The summed E-state index contributed by atoms with van der Waals surface area (Å²) in [6.45, 7) is 5.11. The fourth-order valence-electron chi connectivity index (χ4n) is 3.89. The van der Waals surface area contributed by atoms with Gasteiger partial charge in [0.1, 0.15) is 0 Å². The molecule has 2 saturated heterocycles. The molecule has 2 heterocycles. The summed E-state index contributed by atoms with van der Waals surface area (Å²) in [7, 11) is 0. The van der Waals surface area contributed by atoms with Crippen molar-refractivity contribution < 1.29 is 0 Å². The molecule has 2 aliphatic rings. The molecule has 0 saturated carbocycles. The lowest BCUT2D eigenvalue weighted by molar-refractivity contribution is 0.166. The number of hydrogen-bond acceptors (Lipinski definition) is 2. The molecule has 2 nitrogen and oxygen atoms in total. The minimum absolute atomic E-state index is 0.748. The van der Waals surface area contributed by atoms with E-state index in [1.807, 2.05) is 0 Å². The number of likely N-dealkylation sites (tertiary alicyclic amines) is 1. The summed E-state index contributed by atoms with van der Waals surface area (Å²) in [6.07, 6.45) is 9.62. The average molecular weight is 286 g/mol. The Morgan fingerprint density at radius 3 is 2.57 bits per heavy atom. The third kappa shape index (κ3) is 4.82. The topological polar surface area (TPSA) is 15.3 Å². The highest BCUT2D eigenvalue weighted by Gasteiger charge is 2.22. The van der Waals surface area contributed by atoms with Crippen LogP contribution in [0.2, 0.25) is 0 Å². The second-order valence-electron chi connectivity index (χ2n) is 6.93. The molecule has 0 amide bonds. The van der Waals surface area contributed by atoms with Crippen molar-refractivity contribution in [1.29, 1.82) is 0 Å². The van der Waals surface area contributed by atoms with Crippen LogP contribution in [0.4, 0.5) is 0 Å². The number of nitrogens with one attached hydrogen (secondary N) is 1. The largest absolute Gasteiger partial charge is 0.313 e. The van der Waals surface area contributed by atoms with Gasteiger partial charge in [-0.15, -0.1) is 0 Å². The molecule has 3 rings (SSSR count). The Morgan fingerprint density at radius 2 is 1.76 bits per heavy atom. The fourth-order valence-corrected chi connectivity index (χ4v) is 3.89. The minimum Gasteiger partial charge on any atom is -0.313 e. The highest BCUT2D eigenvalue weighted by molar-refractivity contribution is 5.15. The van der Waals surface area contributed by atoms with Crippen LogP contribution < -0.4 is 5.32 Å². The lowest BCUT2D eigenvalue weighted by Gasteiger charge is -2.34. The Labute approximate surface area is 129 Å². The van der Waals surface area contributed by atoms with Gasteiger partial charge in [0.25, 0.3) is 0 Å². The van der Waals surface area contributed by atoms with Crippen LogP contribution in [0, 0.1) is 5.92 Å². The second kappa shape index (κ2) is 7.95. The van der Waals surface area contributed by atoms with E-state index in [4.69, 9.17) is 0 Å². The highest BCUT2D eigenvalue weighted by atomic mass is 15.2. The van der Waals surface area contributed by atoms with E-state index in [1.165, 1.54) is 76.7 Å². The van der Waals surface area contributed by atoms with Crippen molar-refractivity contribution in [1.82, 2.24) is 10.2 Å². The number of benzene rings is 1. The molecule has 0 radical (unpaired) electrons. The standard InChI is InChI=1S/C19H30N2/c1-3-7-17(8-4-1)15-18-10-13-21(14-11-18)16-19-9-5-2-6-12-20-19/h1,3-4,7-8,18-20H,2,5-6,9-16H2. The Morgan fingerprint density at radius 1 is 0.952 bits per heavy atom. The lowest BCUT2D eigenvalue weighted by atomic mass is 9.90. The fraction of sp³-hybridized carbons (Fsp3) is 0.684. The van der Waals surface area contributed by atoms with E-state index in [0.717, 1.165) is 12.0 Å². The number of hydrogen-bond donors (Lipinski definition) is 1. The maximum atomic E-state index is 3.74. The van der Waals surface area contributed by atoms with Crippen LogP contribution in [0.25, 0.3) is 0 Å². The van der Waals surface area contributed by atoms with Crippen molar-refractivity contribution in [2.45, 2.75) is 51.0 Å². The maximum absolute atomic E-state index is 3.74. The smallest absolute Gasteiger partial charge is 0.0195 e. The predicted molar refractivity (Wildman–Crippen MR) is 89.6 cm³/mol. The first-order valence-corrected chi connectivity index (χ1v) is 8.90. The highest BCUT2D eigenvalue weighted by Crippen LogP contribution is 2.22. The normalized spacial score (nSPS) is 25.6. The van der Waals surface area contributed by atoms with Crippen molar-refractivity contribution in [3.8, 4) is 0 Å². The Kier molecular flexibility index (Phi) is 5.70. The number of nitrogens with zero attached hydrogens (tertiary/aromatic N) is 1. The molecule has 1 N–H and O–H groups in total. The Hall–Kier alpha value is -0.860. The van der Waals surface area contributed by atoms with E-state index < -0.39 is 0 Å². The first-order chi connectivity index (χ1) is 10.4. The van der Waals surface area contributed by atoms with Crippen LogP contribution in [0.1, 0.15) is 44.1 Å². The molecule has 0 aromatic heterocycles. The van der Waals surface area contributed by atoms with Crippen LogP contribution in [0.15, 0.2) is 30.3 Å². The molecule has 0 bridgehead atoms. The van der Waals surface area contributed by atoms with Gasteiger partial charge < -0.3 is 10.2 Å². The van der Waals surface area contributed by atoms with E-state index in [9.17, 15) is 0 Å². The van der Waals surface area contributed by atoms with E-state index in [2.05, 4.69) is 40.5 Å². The minimum atomic E-state index is 0.748. The maximum Gasteiger partial charge on any atom is 0.0195 e. The van der Waals surface area contributed by atoms with Crippen LogP contribution in [0.5, 0.6) is 0 Å². The van der Waals surface area contributed by atoms with Crippen molar-refractivity contribution in [3.63, 3.8) is 0 Å². The molecule has 1 unspecified atom stereocenters. The molecule has 1 atom stereocenters. The summed E-state index contributed by atoms with van der Waals surface area (Å²) >= 11 is 0. The van der Waals surface area contributed by atoms with Crippen LogP contribution >= 0.6 is 0 Å². The van der Waals surface area contributed by atoms with Gasteiger partial charge >= 0.3 is 0 Å². The van der Waals surface area contributed by atoms with Gasteiger partial charge in [-0.1, -0.05) is 43.2 Å². The third-order valence-electron chi connectivity index (χ3n) is 5.22. The molecular formula is C19H30N2. The summed E-state index contributed by atoms with van der Waals surface area (Å²) in [5.74, 6) is 0.894. The first kappa shape index (κ1) is 15.1. The molecule has 2 heteroatoms. The van der Waals surface area contributed by atoms with E-state index in [-0.39, 0.29) is 0 Å². The predicted octanol–water partition coefficient (Wildman–Crippen LogP) is 3.47. The molecule has 2 aliphatic heterocycles. The quantitative estimate of drug-likeness (QED) is 0.911. The van der Waals surface area contributed by atoms with Gasteiger partial charge in [-0.2, -0.15) is 0 Å². The van der Waals surface area contributed by atoms with Crippen LogP contribution in [-0.2, 0) is 6.42 Å². The van der Waals surface area contributed by atoms with Gasteiger partial charge in [0.2, 0.25) is 0 Å². The van der Waals surface area contributed by atoms with Gasteiger partial charge in [-0.25, -0.2) is 0 Å². The Balaban J connectivity index is 1.40. The summed E-state index contributed by atoms with van der Waals surface area (Å²) < 4.78 is 0. The lowest BCUT2D eigenvalue weighted by Crippen LogP contribution is -2.44. The molecule has 21 heavy (non-hydrogen) atoms. The number of piperidine rings is 1. The van der Waals surface area contributed by atoms with Crippen molar-refractivity contribution in [2.24, 2.45) is 5.92 Å². The monoisotopic (exact) mass is 286 g/mol. The first-order valence-electron chi connectivity index (χ1n) is 8.90. The SMILES string of the molecule is c1ccc(CC2CCN(CC3CCCCCN3)CC2)cc1. The zero-order chi connectivity index (χ0) is 14.3. The van der Waals surface area contributed by atoms with E-state index >= 15 is 0 Å². The van der Waals surface area contributed by atoms with Gasteiger partial charge in [-0.05, 0) is 63.2 Å². The van der Waals surface area contributed by atoms with Gasteiger partial charge in [0.15, 0.2) is 0 Å². The van der Waals surface area contributed by atoms with E-state index in [1.54, 1.807) is 0 Å². The Bertz CT molecular complexity index is 387. The molecule has 2 fully saturated rings. The molecular weight excluding hydrogens is 256 g/mol. The molecule has 1 aromatic carbocycles. The number of rotatable bonds is 4. The second-order valence-corrected chi connectivity index (χ2v) is 6.93. The van der Waals surface area contributed by atoms with E-state index in [0.29, 0.717) is 0 Å². The molecule has 116 valence electrons. The van der Waals surface area contributed by atoms with Crippen LogP contribution in [-0.4, -0.2) is 37.1 Å². The third-order valence-corrected chi connectivity index (χ3v) is 5.22. The van der Waals surface area contributed by atoms with Crippen molar-refractivity contribution in [3.05, 3.63) is 35.9 Å². The summed E-state index contributed by atoms with van der Waals surface area (Å²) in [6, 6.07) is 11.8. The summed E-state index contributed by atoms with van der Waals surface area (Å²) in [4.78, 5) is 2.70. The molecule has 0 aliphatic carbocycles. The average Bonchev–Trinajstić information content (AvgIpc) is 2.79. The molecule has 0 spiro atoms. The zero-order valence-corrected chi connectivity index (χ0v) is 13.3. The molecule has 1 aromatic rings. The van der Waals surface area contributed by atoms with Gasteiger partial charge in [0.05, 0.1) is 0 Å².